The predicted octanol–water partition coefficient (Wildman–Crippen LogP) is 1.39. The summed E-state index contributed by atoms with van der Waals surface area (Å²) in [5, 5.41) is 15.7. The van der Waals surface area contributed by atoms with Crippen molar-refractivity contribution in [3.05, 3.63) is 59.9 Å². The van der Waals surface area contributed by atoms with E-state index >= 15 is 0 Å². The number of carboxylic acids is 1. The number of rotatable bonds is 4. The number of carbonyl (C=O) groups is 2. The van der Waals surface area contributed by atoms with Gasteiger partial charge in [0.25, 0.3) is 0 Å². The number of hydrogen-bond donors (Lipinski definition) is 2. The van der Waals surface area contributed by atoms with E-state index in [9.17, 15) is 4.79 Å². The minimum atomic E-state index is -0.726. The summed E-state index contributed by atoms with van der Waals surface area (Å²) in [5.74, 6) is 1.43. The predicted molar refractivity (Wildman–Crippen MR) is 107 cm³/mol. The number of carboxylic acid groups (broad SMARTS) is 1. The molecule has 2 unspecified atom stereocenters. The minimum absolute atomic E-state index is 0. The molecule has 1 aliphatic rings. The van der Waals surface area contributed by atoms with Crippen LogP contribution in [-0.4, -0.2) is 37.0 Å². The van der Waals surface area contributed by atoms with Crippen molar-refractivity contribution < 1.29 is 70.8 Å². The molecule has 1 fully saturated rings. The molecule has 7 heteroatoms. The summed E-state index contributed by atoms with van der Waals surface area (Å²) in [6.07, 6.45) is 0.760. The molecule has 0 radical (unpaired) electrons. The molecule has 1 heterocycles. The van der Waals surface area contributed by atoms with Crippen LogP contribution < -0.4 is 61.4 Å². The first-order chi connectivity index (χ1) is 13.0. The molecule has 0 aliphatic carbocycles. The van der Waals surface area contributed by atoms with Gasteiger partial charge in [0, 0.05) is 6.04 Å². The summed E-state index contributed by atoms with van der Waals surface area (Å²) in [6, 6.07) is 17.4. The Hall–Kier alpha value is -1.22. The number of benzene rings is 2. The molecular formula is C21H27KN2O4. The Morgan fingerprint density at radius 1 is 1.07 bits per heavy atom. The smallest absolute Gasteiger partial charge is 0.687 e. The molecule has 3 atom stereocenters. The molecule has 3 rings (SSSR count). The zero-order chi connectivity index (χ0) is 20.2. The molecule has 0 bridgehead atoms. The zero-order valence-corrected chi connectivity index (χ0v) is 20.1. The van der Waals surface area contributed by atoms with Gasteiger partial charge in [0.05, 0.1) is 0 Å². The van der Waals surface area contributed by atoms with E-state index in [0.717, 1.165) is 23.6 Å². The van der Waals surface area contributed by atoms with E-state index in [1.165, 1.54) is 0 Å². The largest absolute Gasteiger partial charge is 1.00 e. The van der Waals surface area contributed by atoms with Gasteiger partial charge in [-0.2, -0.15) is 0 Å². The minimum Gasteiger partial charge on any atom is -0.687 e. The van der Waals surface area contributed by atoms with Gasteiger partial charge >= 0.3 is 57.4 Å². The van der Waals surface area contributed by atoms with E-state index in [0.29, 0.717) is 12.0 Å². The van der Waals surface area contributed by atoms with Crippen molar-refractivity contribution in [3.63, 3.8) is 0 Å². The Labute approximate surface area is 209 Å². The fraction of sp³-hybridized carbons (Fsp3) is 0.333. The van der Waals surface area contributed by atoms with Crippen molar-refractivity contribution in [1.29, 1.82) is 0 Å². The summed E-state index contributed by atoms with van der Waals surface area (Å²) >= 11 is 0. The van der Waals surface area contributed by atoms with Crippen molar-refractivity contribution in [2.45, 2.75) is 32.4 Å². The van der Waals surface area contributed by atoms with Gasteiger partial charge in [-0.05, 0) is 43.5 Å². The van der Waals surface area contributed by atoms with Crippen LogP contribution in [0.5, 0.6) is 11.5 Å². The van der Waals surface area contributed by atoms with Crippen LogP contribution in [0.2, 0.25) is 0 Å². The topological polar surface area (TPSA) is 89.7 Å². The van der Waals surface area contributed by atoms with Crippen LogP contribution in [0.1, 0.15) is 20.3 Å². The second kappa shape index (κ2) is 14.7. The third kappa shape index (κ3) is 9.32. The molecule has 6 nitrogen and oxygen atoms in total. The van der Waals surface area contributed by atoms with Crippen molar-refractivity contribution >= 4 is 18.4 Å². The number of para-hydroxylation sites is 1. The summed E-state index contributed by atoms with van der Waals surface area (Å²) < 4.78 is 5.64. The van der Waals surface area contributed by atoms with E-state index in [2.05, 4.69) is 17.6 Å². The zero-order valence-electron chi connectivity index (χ0n) is 17.0. The molecule has 28 heavy (non-hydrogen) atoms. The van der Waals surface area contributed by atoms with Crippen LogP contribution in [0, 0.1) is 5.92 Å². The second-order valence-electron chi connectivity index (χ2n) is 6.19. The maximum Gasteiger partial charge on any atom is 1.00 e. The van der Waals surface area contributed by atoms with Gasteiger partial charge < -0.3 is 25.3 Å². The fourth-order valence-electron chi connectivity index (χ4n) is 2.59. The van der Waals surface area contributed by atoms with E-state index in [-0.39, 0.29) is 57.4 Å². The summed E-state index contributed by atoms with van der Waals surface area (Å²) in [6.45, 7) is 6.09. The van der Waals surface area contributed by atoms with Gasteiger partial charge in [0.2, 0.25) is 0 Å². The van der Waals surface area contributed by atoms with Crippen molar-refractivity contribution in [2.75, 3.05) is 7.05 Å². The summed E-state index contributed by atoms with van der Waals surface area (Å²) in [4.78, 5) is 18.4. The van der Waals surface area contributed by atoms with Gasteiger partial charge in [-0.25, -0.2) is 0 Å². The van der Waals surface area contributed by atoms with Crippen LogP contribution in [0.4, 0.5) is 5.69 Å². The number of carbonyl (C=O) groups excluding carboxylic acids is 1. The van der Waals surface area contributed by atoms with Crippen LogP contribution in [-0.2, 0) is 9.59 Å². The van der Waals surface area contributed by atoms with Crippen LogP contribution in [0.3, 0.4) is 0 Å². The van der Waals surface area contributed by atoms with Crippen molar-refractivity contribution in [3.8, 4) is 11.5 Å². The van der Waals surface area contributed by atoms with Gasteiger partial charge in [-0.1, -0.05) is 37.3 Å². The summed E-state index contributed by atoms with van der Waals surface area (Å²) in [5.41, 5.74) is 0.954. The van der Waals surface area contributed by atoms with Gasteiger partial charge in [0.15, 0.2) is 0 Å². The Kier molecular flexibility index (Phi) is 14.1. The molecular weight excluding hydrogens is 383 g/mol. The van der Waals surface area contributed by atoms with E-state index in [4.69, 9.17) is 14.6 Å². The van der Waals surface area contributed by atoms with Crippen molar-refractivity contribution in [1.82, 2.24) is 5.32 Å². The second-order valence-corrected chi connectivity index (χ2v) is 6.19. The van der Waals surface area contributed by atoms with Gasteiger partial charge in [-0.3, -0.25) is 4.79 Å². The fourth-order valence-corrected chi connectivity index (χ4v) is 2.59. The average molecular weight is 411 g/mol. The van der Waals surface area contributed by atoms with Gasteiger partial charge in [-0.15, -0.1) is 12.7 Å². The molecule has 2 aromatic carbocycles. The third-order valence-corrected chi connectivity index (χ3v) is 4.30. The Bertz CT molecular complexity index is 673. The van der Waals surface area contributed by atoms with E-state index in [1.807, 2.05) is 68.3 Å². The standard InChI is InChI=1S/C13H12NO.C7H13NO2.CH2O.K/c1-14-11-7-9-13(10-8-11)15-12-5-3-2-4-6-12;1-4-3-6(7(9)10)8-5(4)2;1-2;/h2-10H,1H3;4-6,8H,3H2,1-2H3,(H,9,10);1H2;/q-1;;;+1/t;4-,5?,6?;;/m.0../s1. The number of hydrogen-bond acceptors (Lipinski definition) is 4. The van der Waals surface area contributed by atoms with E-state index < -0.39 is 5.97 Å². The number of aliphatic carboxylic acids is 1. The Morgan fingerprint density at radius 3 is 2.00 bits per heavy atom. The third-order valence-electron chi connectivity index (χ3n) is 4.30. The monoisotopic (exact) mass is 410 g/mol. The molecule has 0 amide bonds. The van der Waals surface area contributed by atoms with Crippen LogP contribution in [0.25, 0.3) is 5.32 Å². The molecule has 0 saturated carbocycles. The maximum absolute atomic E-state index is 10.4. The number of nitrogens with one attached hydrogen (secondary N) is 1. The number of nitrogens with zero attached hydrogens (tertiary/aromatic N) is 1. The molecule has 1 saturated heterocycles. The van der Waals surface area contributed by atoms with Crippen LogP contribution >= 0.6 is 0 Å². The molecule has 2 aromatic rings. The van der Waals surface area contributed by atoms with Crippen molar-refractivity contribution in [2.24, 2.45) is 5.92 Å². The average Bonchev–Trinajstić information content (AvgIpc) is 3.04. The maximum atomic E-state index is 10.4. The molecule has 0 aromatic heterocycles. The Morgan fingerprint density at radius 2 is 1.61 bits per heavy atom. The van der Waals surface area contributed by atoms with Crippen LogP contribution in [0.15, 0.2) is 54.6 Å². The normalized spacial score (nSPS) is 19.6. The number of ether oxygens (including phenoxy) is 1. The first-order valence-corrected chi connectivity index (χ1v) is 8.70. The SMILES string of the molecule is C=O.CC1NC(C(=O)O)C[C@@H]1C.C[N-]c1ccc(Oc2ccccc2)cc1.[K+]. The van der Waals surface area contributed by atoms with E-state index in [1.54, 1.807) is 7.05 Å². The van der Waals surface area contributed by atoms with Gasteiger partial charge in [0.1, 0.15) is 24.3 Å². The molecule has 1 aliphatic heterocycles. The Balaban J connectivity index is 0.000000493. The summed E-state index contributed by atoms with van der Waals surface area (Å²) in [7, 11) is 1.77. The quantitative estimate of drug-likeness (QED) is 0.744. The molecule has 146 valence electrons. The molecule has 2 N–H and O–H groups in total. The first-order valence-electron chi connectivity index (χ1n) is 8.70. The molecule has 0 spiro atoms. The first kappa shape index (κ1) is 26.8.